The van der Waals surface area contributed by atoms with E-state index in [1.54, 1.807) is 0 Å². The van der Waals surface area contributed by atoms with Crippen molar-refractivity contribution in [2.45, 2.75) is 46.6 Å². The van der Waals surface area contributed by atoms with Gasteiger partial charge in [-0.3, -0.25) is 0 Å². The maximum atomic E-state index is 3.42. The van der Waals surface area contributed by atoms with Crippen molar-refractivity contribution in [1.82, 2.24) is 10.2 Å². The predicted molar refractivity (Wildman–Crippen MR) is 71.7 cm³/mol. The molecule has 1 heterocycles. The van der Waals surface area contributed by atoms with Gasteiger partial charge in [0, 0.05) is 19.1 Å². The van der Waals surface area contributed by atoms with E-state index < -0.39 is 0 Å². The standard InChI is InChI=1S/C14H30N2/c1-11(2)14(12(3)4)10-16-8-6-7-13(9-16)15-5/h11-15H,6-10H2,1-5H3. The Bertz CT molecular complexity index is 181. The zero-order valence-electron chi connectivity index (χ0n) is 11.8. The van der Waals surface area contributed by atoms with Gasteiger partial charge in [-0.2, -0.15) is 0 Å². The van der Waals surface area contributed by atoms with Crippen molar-refractivity contribution in [3.05, 3.63) is 0 Å². The topological polar surface area (TPSA) is 15.3 Å². The van der Waals surface area contributed by atoms with E-state index in [-0.39, 0.29) is 0 Å². The van der Waals surface area contributed by atoms with Crippen LogP contribution in [0.3, 0.4) is 0 Å². The molecule has 1 aliphatic rings. The van der Waals surface area contributed by atoms with E-state index in [1.807, 2.05) is 0 Å². The first-order chi connectivity index (χ1) is 7.54. The SMILES string of the molecule is CNC1CCCN(CC(C(C)C)C(C)C)C1. The summed E-state index contributed by atoms with van der Waals surface area (Å²) in [7, 11) is 2.09. The van der Waals surface area contributed by atoms with E-state index in [2.05, 4.69) is 45.0 Å². The summed E-state index contributed by atoms with van der Waals surface area (Å²) in [6.45, 7) is 13.3. The van der Waals surface area contributed by atoms with Gasteiger partial charge in [-0.25, -0.2) is 0 Å². The molecule has 2 heteroatoms. The van der Waals surface area contributed by atoms with Crippen LogP contribution in [0.2, 0.25) is 0 Å². The van der Waals surface area contributed by atoms with Gasteiger partial charge in [0.05, 0.1) is 0 Å². The Morgan fingerprint density at radius 1 is 1.19 bits per heavy atom. The van der Waals surface area contributed by atoms with Crippen LogP contribution in [0.15, 0.2) is 0 Å². The third-order valence-electron chi connectivity index (χ3n) is 4.10. The van der Waals surface area contributed by atoms with Crippen molar-refractivity contribution in [3.8, 4) is 0 Å². The summed E-state index contributed by atoms with van der Waals surface area (Å²) in [4.78, 5) is 2.66. The lowest BCUT2D eigenvalue weighted by Crippen LogP contribution is -2.47. The van der Waals surface area contributed by atoms with Crippen molar-refractivity contribution in [2.24, 2.45) is 17.8 Å². The van der Waals surface area contributed by atoms with Crippen molar-refractivity contribution in [1.29, 1.82) is 0 Å². The molecule has 2 nitrogen and oxygen atoms in total. The highest BCUT2D eigenvalue weighted by atomic mass is 15.2. The molecule has 0 aromatic heterocycles. The Morgan fingerprint density at radius 3 is 2.31 bits per heavy atom. The fourth-order valence-electron chi connectivity index (χ4n) is 2.95. The van der Waals surface area contributed by atoms with Gasteiger partial charge in [0.25, 0.3) is 0 Å². The van der Waals surface area contributed by atoms with Crippen LogP contribution in [0.4, 0.5) is 0 Å². The molecule has 96 valence electrons. The summed E-state index contributed by atoms with van der Waals surface area (Å²) in [5.41, 5.74) is 0. The summed E-state index contributed by atoms with van der Waals surface area (Å²) in [6.07, 6.45) is 2.70. The minimum atomic E-state index is 0.716. The van der Waals surface area contributed by atoms with Crippen LogP contribution in [0.5, 0.6) is 0 Å². The summed E-state index contributed by atoms with van der Waals surface area (Å²) < 4.78 is 0. The molecule has 0 spiro atoms. The Kier molecular flexibility index (Phi) is 5.77. The fraction of sp³-hybridized carbons (Fsp3) is 1.00. The molecule has 0 aliphatic carbocycles. The Morgan fingerprint density at radius 2 is 1.81 bits per heavy atom. The molecule has 0 saturated carbocycles. The van der Waals surface area contributed by atoms with Crippen molar-refractivity contribution in [3.63, 3.8) is 0 Å². The maximum Gasteiger partial charge on any atom is 0.0192 e. The van der Waals surface area contributed by atoms with Gasteiger partial charge in [-0.05, 0) is 44.2 Å². The molecular weight excluding hydrogens is 196 g/mol. The van der Waals surface area contributed by atoms with E-state index in [0.717, 1.165) is 17.8 Å². The maximum absolute atomic E-state index is 3.42. The molecule has 16 heavy (non-hydrogen) atoms. The molecule has 0 radical (unpaired) electrons. The van der Waals surface area contributed by atoms with Gasteiger partial charge in [-0.15, -0.1) is 0 Å². The average molecular weight is 226 g/mol. The number of likely N-dealkylation sites (N-methyl/N-ethyl adjacent to an activating group) is 1. The van der Waals surface area contributed by atoms with Gasteiger partial charge in [0.2, 0.25) is 0 Å². The lowest BCUT2D eigenvalue weighted by Gasteiger charge is -2.37. The van der Waals surface area contributed by atoms with Gasteiger partial charge >= 0.3 is 0 Å². The predicted octanol–water partition coefficient (Wildman–Crippen LogP) is 2.60. The minimum Gasteiger partial charge on any atom is -0.316 e. The Hall–Kier alpha value is -0.0800. The Balaban J connectivity index is 2.44. The highest BCUT2D eigenvalue weighted by molar-refractivity contribution is 4.80. The lowest BCUT2D eigenvalue weighted by atomic mass is 9.84. The summed E-state index contributed by atoms with van der Waals surface area (Å²) in [5.74, 6) is 2.44. The summed E-state index contributed by atoms with van der Waals surface area (Å²) >= 11 is 0. The molecule has 0 aromatic rings. The zero-order valence-corrected chi connectivity index (χ0v) is 11.8. The third kappa shape index (κ3) is 4.06. The van der Waals surface area contributed by atoms with Gasteiger partial charge in [0.15, 0.2) is 0 Å². The fourth-order valence-corrected chi connectivity index (χ4v) is 2.95. The summed E-state index contributed by atoms with van der Waals surface area (Å²) in [6, 6.07) is 0.716. The quantitative estimate of drug-likeness (QED) is 0.775. The van der Waals surface area contributed by atoms with E-state index in [4.69, 9.17) is 0 Å². The number of likely N-dealkylation sites (tertiary alicyclic amines) is 1. The molecular formula is C14H30N2. The van der Waals surface area contributed by atoms with E-state index in [1.165, 1.54) is 32.5 Å². The second-order valence-electron chi connectivity index (χ2n) is 6.04. The number of hydrogen-bond acceptors (Lipinski definition) is 2. The van der Waals surface area contributed by atoms with E-state index in [0.29, 0.717) is 6.04 Å². The van der Waals surface area contributed by atoms with Gasteiger partial charge in [0.1, 0.15) is 0 Å². The lowest BCUT2D eigenvalue weighted by molar-refractivity contribution is 0.129. The Labute approximate surface area is 102 Å². The number of hydrogen-bond donors (Lipinski definition) is 1. The molecule has 1 saturated heterocycles. The zero-order chi connectivity index (χ0) is 12.1. The van der Waals surface area contributed by atoms with E-state index >= 15 is 0 Å². The summed E-state index contributed by atoms with van der Waals surface area (Å²) in [5, 5.41) is 3.42. The smallest absolute Gasteiger partial charge is 0.0192 e. The first kappa shape index (κ1) is 14.0. The minimum absolute atomic E-state index is 0.716. The normalized spacial score (nSPS) is 23.6. The van der Waals surface area contributed by atoms with Gasteiger partial charge < -0.3 is 10.2 Å². The largest absolute Gasteiger partial charge is 0.316 e. The van der Waals surface area contributed by atoms with Gasteiger partial charge in [-0.1, -0.05) is 27.7 Å². The second-order valence-corrected chi connectivity index (χ2v) is 6.04. The van der Waals surface area contributed by atoms with Crippen molar-refractivity contribution >= 4 is 0 Å². The monoisotopic (exact) mass is 226 g/mol. The number of nitrogens with zero attached hydrogens (tertiary/aromatic N) is 1. The number of piperidine rings is 1. The molecule has 1 N–H and O–H groups in total. The van der Waals surface area contributed by atoms with Crippen LogP contribution < -0.4 is 5.32 Å². The molecule has 0 bridgehead atoms. The first-order valence-electron chi connectivity index (χ1n) is 6.94. The average Bonchev–Trinajstić information content (AvgIpc) is 2.25. The molecule has 0 amide bonds. The molecule has 1 rings (SSSR count). The number of nitrogens with one attached hydrogen (secondary N) is 1. The molecule has 1 fully saturated rings. The first-order valence-corrected chi connectivity index (χ1v) is 6.94. The van der Waals surface area contributed by atoms with Crippen LogP contribution in [-0.4, -0.2) is 37.6 Å². The highest BCUT2D eigenvalue weighted by Gasteiger charge is 2.24. The second kappa shape index (κ2) is 6.61. The third-order valence-corrected chi connectivity index (χ3v) is 4.10. The molecule has 1 atom stereocenters. The van der Waals surface area contributed by atoms with Crippen LogP contribution in [0, 0.1) is 17.8 Å². The van der Waals surface area contributed by atoms with Crippen molar-refractivity contribution < 1.29 is 0 Å². The van der Waals surface area contributed by atoms with Crippen LogP contribution in [0.25, 0.3) is 0 Å². The van der Waals surface area contributed by atoms with Crippen LogP contribution in [0.1, 0.15) is 40.5 Å². The van der Waals surface area contributed by atoms with Crippen LogP contribution >= 0.6 is 0 Å². The molecule has 1 aliphatic heterocycles. The van der Waals surface area contributed by atoms with Crippen molar-refractivity contribution in [2.75, 3.05) is 26.7 Å². The van der Waals surface area contributed by atoms with E-state index in [9.17, 15) is 0 Å². The van der Waals surface area contributed by atoms with Crippen LogP contribution in [-0.2, 0) is 0 Å². The molecule has 1 unspecified atom stereocenters. The molecule has 0 aromatic carbocycles. The number of rotatable bonds is 5. The highest BCUT2D eigenvalue weighted by Crippen LogP contribution is 2.23.